The quantitative estimate of drug-likeness (QED) is 0.669. The Morgan fingerprint density at radius 2 is 1.90 bits per heavy atom. The van der Waals surface area contributed by atoms with Crippen molar-refractivity contribution in [3.8, 4) is 0 Å². The summed E-state index contributed by atoms with van der Waals surface area (Å²) < 4.78 is 24.1. The number of aliphatic hydroxyl groups is 1. The molecule has 6 nitrogen and oxygen atoms in total. The summed E-state index contributed by atoms with van der Waals surface area (Å²) in [6, 6.07) is 0. The van der Waals surface area contributed by atoms with E-state index < -0.39 is 17.5 Å². The van der Waals surface area contributed by atoms with Crippen LogP contribution in [0.25, 0.3) is 0 Å². The zero-order valence-electron chi connectivity index (χ0n) is 17.4. The van der Waals surface area contributed by atoms with Gasteiger partial charge in [0.1, 0.15) is 12.2 Å². The monoisotopic (exact) mass is 404 g/mol. The van der Waals surface area contributed by atoms with Crippen LogP contribution in [0.15, 0.2) is 11.6 Å². The van der Waals surface area contributed by atoms with Gasteiger partial charge >= 0.3 is 0 Å². The first-order chi connectivity index (χ1) is 13.9. The van der Waals surface area contributed by atoms with E-state index in [9.17, 15) is 9.90 Å². The molecule has 2 aliphatic heterocycles. The average molecular weight is 405 g/mol. The van der Waals surface area contributed by atoms with Gasteiger partial charge in [0.25, 0.3) is 0 Å². The van der Waals surface area contributed by atoms with E-state index in [0.717, 1.165) is 32.1 Å². The van der Waals surface area contributed by atoms with Crippen molar-refractivity contribution in [2.75, 3.05) is 20.2 Å². The summed E-state index contributed by atoms with van der Waals surface area (Å²) in [4.78, 5) is 12.1. The van der Waals surface area contributed by atoms with Gasteiger partial charge in [-0.15, -0.1) is 0 Å². The predicted octanol–water partition coefficient (Wildman–Crippen LogP) is 2.93. The Morgan fingerprint density at radius 3 is 2.69 bits per heavy atom. The van der Waals surface area contributed by atoms with Gasteiger partial charge < -0.3 is 24.1 Å². The van der Waals surface area contributed by atoms with E-state index in [1.807, 2.05) is 6.08 Å². The lowest BCUT2D eigenvalue weighted by Gasteiger charge is -2.61. The maximum atomic E-state index is 12.1. The lowest BCUT2D eigenvalue weighted by atomic mass is 9.45. The zero-order valence-corrected chi connectivity index (χ0v) is 17.4. The second kappa shape index (κ2) is 5.92. The van der Waals surface area contributed by atoms with Crippen LogP contribution in [0.5, 0.6) is 0 Å². The van der Waals surface area contributed by atoms with E-state index in [1.165, 1.54) is 5.57 Å². The van der Waals surface area contributed by atoms with Crippen molar-refractivity contribution < 1.29 is 28.8 Å². The second-order valence-corrected chi connectivity index (χ2v) is 10.7. The molecule has 4 aliphatic carbocycles. The highest BCUT2D eigenvalue weighted by molar-refractivity contribution is 5.91. The molecule has 0 aromatic rings. The number of hydrogen-bond acceptors (Lipinski definition) is 6. The lowest BCUT2D eigenvalue weighted by Crippen LogP contribution is -2.66. The van der Waals surface area contributed by atoms with Gasteiger partial charge in [0, 0.05) is 11.8 Å². The highest BCUT2D eigenvalue weighted by Crippen LogP contribution is 2.71. The van der Waals surface area contributed by atoms with Crippen LogP contribution in [0.3, 0.4) is 0 Å². The molecule has 5 fully saturated rings. The van der Waals surface area contributed by atoms with Gasteiger partial charge in [-0.05, 0) is 67.8 Å². The summed E-state index contributed by atoms with van der Waals surface area (Å²) in [7, 11) is 0. The van der Waals surface area contributed by atoms with Gasteiger partial charge in [0.15, 0.2) is 19.4 Å². The van der Waals surface area contributed by atoms with Crippen molar-refractivity contribution in [2.24, 2.45) is 28.6 Å². The first-order valence-corrected chi connectivity index (χ1v) is 11.3. The Labute approximate surface area is 171 Å². The highest BCUT2D eigenvalue weighted by Gasteiger charge is 2.76. The van der Waals surface area contributed by atoms with Crippen LogP contribution in [-0.4, -0.2) is 48.6 Å². The van der Waals surface area contributed by atoms with Gasteiger partial charge in [-0.2, -0.15) is 0 Å². The van der Waals surface area contributed by atoms with Gasteiger partial charge in [-0.25, -0.2) is 0 Å². The summed E-state index contributed by atoms with van der Waals surface area (Å²) >= 11 is 0. The van der Waals surface area contributed by atoms with Crippen LogP contribution in [0, 0.1) is 28.6 Å². The number of carbonyl (C=O) groups is 1. The molecular weight excluding hydrogens is 372 g/mol. The van der Waals surface area contributed by atoms with Gasteiger partial charge in [0.2, 0.25) is 5.79 Å². The van der Waals surface area contributed by atoms with Crippen molar-refractivity contribution >= 4 is 5.78 Å². The van der Waals surface area contributed by atoms with E-state index in [4.69, 9.17) is 18.9 Å². The summed E-state index contributed by atoms with van der Waals surface area (Å²) in [5, 5.41) is 11.6. The van der Waals surface area contributed by atoms with Gasteiger partial charge in [-0.1, -0.05) is 19.4 Å². The van der Waals surface area contributed by atoms with Crippen LogP contribution in [0.4, 0.5) is 0 Å². The minimum absolute atomic E-state index is 0.0645. The number of ketones is 1. The zero-order chi connectivity index (χ0) is 20.1. The smallest absolute Gasteiger partial charge is 0.226 e. The van der Waals surface area contributed by atoms with Crippen molar-refractivity contribution in [3.05, 3.63) is 11.6 Å². The molecule has 7 unspecified atom stereocenters. The number of aliphatic hydroxyl groups excluding tert-OH is 1. The topological polar surface area (TPSA) is 74.2 Å². The molecule has 160 valence electrons. The highest BCUT2D eigenvalue weighted by atomic mass is 16.9. The molecule has 0 radical (unpaired) electrons. The number of allylic oxidation sites excluding steroid dienone is 1. The molecule has 6 rings (SSSR count). The Bertz CT molecular complexity index is 766. The largest absolute Gasteiger partial charge is 0.393 e. The molecule has 2 spiro atoms. The average Bonchev–Trinajstić information content (AvgIpc) is 3.37. The first kappa shape index (κ1) is 18.9. The SMILES string of the molecule is CC12CCC(=O)C=C1CCC1C2[C@@H](O)CC2(C)C1CCC21OCOC12COCO2. The minimum Gasteiger partial charge on any atom is -0.393 e. The Morgan fingerprint density at radius 1 is 1.07 bits per heavy atom. The second-order valence-electron chi connectivity index (χ2n) is 10.7. The first-order valence-electron chi connectivity index (χ1n) is 11.3. The van der Waals surface area contributed by atoms with Crippen molar-refractivity contribution in [3.63, 3.8) is 0 Å². The molecule has 0 aromatic carbocycles. The molecule has 2 saturated heterocycles. The van der Waals surface area contributed by atoms with Crippen LogP contribution in [0.2, 0.25) is 0 Å². The summed E-state index contributed by atoms with van der Waals surface area (Å²) in [5.74, 6) is 0.506. The van der Waals surface area contributed by atoms with Crippen LogP contribution >= 0.6 is 0 Å². The van der Waals surface area contributed by atoms with Gasteiger partial charge in [0.05, 0.1) is 6.10 Å². The van der Waals surface area contributed by atoms with Crippen molar-refractivity contribution in [1.82, 2.24) is 0 Å². The lowest BCUT2D eigenvalue weighted by molar-refractivity contribution is -0.257. The van der Waals surface area contributed by atoms with Crippen LogP contribution in [-0.2, 0) is 23.7 Å². The standard InChI is InChI=1S/C23H32O6/c1-20-7-5-15(24)9-14(20)3-4-16-17-6-8-22(21(17,2)10-18(25)19(16)20)23(29-13-27-22)11-26-12-28-23/h9,16-19,25H,3-8,10-13H2,1-2H3/t16?,17?,18-,19?,20?,21?,22?,23?/m0/s1. The maximum Gasteiger partial charge on any atom is 0.226 e. The molecule has 1 N–H and O–H groups in total. The van der Waals surface area contributed by atoms with Crippen molar-refractivity contribution in [2.45, 2.75) is 76.3 Å². The number of hydrogen-bond donors (Lipinski definition) is 1. The third kappa shape index (κ3) is 2.13. The fourth-order valence-corrected chi connectivity index (χ4v) is 8.66. The Hall–Kier alpha value is -0.790. The minimum atomic E-state index is -0.843. The van der Waals surface area contributed by atoms with E-state index >= 15 is 0 Å². The molecule has 2 heterocycles. The molecule has 0 amide bonds. The molecular formula is C23H32O6. The van der Waals surface area contributed by atoms with E-state index in [-0.39, 0.29) is 36.1 Å². The molecule has 8 atom stereocenters. The van der Waals surface area contributed by atoms with Gasteiger partial charge in [-0.3, -0.25) is 4.79 Å². The number of fused-ring (bicyclic) bond motifs is 7. The fraction of sp³-hybridized carbons (Fsp3) is 0.870. The number of carbonyl (C=O) groups excluding carboxylic acids is 1. The summed E-state index contributed by atoms with van der Waals surface area (Å²) in [5.41, 5.74) is 0.423. The van der Waals surface area contributed by atoms with E-state index in [1.54, 1.807) is 0 Å². The molecule has 6 aliphatic rings. The normalized spacial score (nSPS) is 56.4. The summed E-state index contributed by atoms with van der Waals surface area (Å²) in [6.45, 7) is 5.44. The third-order valence-corrected chi connectivity index (χ3v) is 9.90. The number of ether oxygens (including phenoxy) is 4. The van der Waals surface area contributed by atoms with E-state index in [0.29, 0.717) is 31.3 Å². The maximum absolute atomic E-state index is 12.1. The summed E-state index contributed by atoms with van der Waals surface area (Å²) in [6.07, 6.45) is 7.58. The molecule has 0 bridgehead atoms. The molecule has 6 heteroatoms. The number of rotatable bonds is 0. The Balaban J connectivity index is 1.41. The van der Waals surface area contributed by atoms with Crippen LogP contribution < -0.4 is 0 Å². The molecule has 29 heavy (non-hydrogen) atoms. The third-order valence-electron chi connectivity index (χ3n) is 9.90. The van der Waals surface area contributed by atoms with Crippen molar-refractivity contribution in [1.29, 1.82) is 0 Å². The molecule has 0 aromatic heterocycles. The Kier molecular flexibility index (Phi) is 3.86. The predicted molar refractivity (Wildman–Crippen MR) is 103 cm³/mol. The molecule has 3 saturated carbocycles. The van der Waals surface area contributed by atoms with E-state index in [2.05, 4.69) is 13.8 Å². The fourth-order valence-electron chi connectivity index (χ4n) is 8.66. The van der Waals surface area contributed by atoms with Crippen LogP contribution in [0.1, 0.15) is 58.8 Å².